The number of imidazole rings is 1. The normalized spacial score (nSPS) is 15.9. The minimum absolute atomic E-state index is 1.01. The number of piperazine rings is 1. The van der Waals surface area contributed by atoms with Crippen molar-refractivity contribution in [2.45, 2.75) is 6.54 Å². The maximum atomic E-state index is 4.40. The Morgan fingerprint density at radius 2 is 1.83 bits per heavy atom. The SMILES string of the molecule is c1cn(-c2ccc(CN3CCN(c4nccs4)CC3)cc2)cn1. The number of nitrogens with zero attached hydrogens (tertiary/aromatic N) is 5. The quantitative estimate of drug-likeness (QED) is 0.739. The molecule has 1 aliphatic heterocycles. The van der Waals surface area contributed by atoms with E-state index in [1.54, 1.807) is 17.5 Å². The van der Waals surface area contributed by atoms with E-state index in [2.05, 4.69) is 44.0 Å². The van der Waals surface area contributed by atoms with E-state index >= 15 is 0 Å². The molecule has 1 saturated heterocycles. The van der Waals surface area contributed by atoms with Crippen LogP contribution in [0, 0.1) is 0 Å². The fourth-order valence-electron chi connectivity index (χ4n) is 2.91. The highest BCUT2D eigenvalue weighted by Crippen LogP contribution is 2.20. The predicted octanol–water partition coefficient (Wildman–Crippen LogP) is 2.65. The van der Waals surface area contributed by atoms with Crippen molar-refractivity contribution in [2.75, 3.05) is 31.1 Å². The molecule has 3 heterocycles. The summed E-state index contributed by atoms with van der Waals surface area (Å²) >= 11 is 1.72. The molecular formula is C17H19N5S. The van der Waals surface area contributed by atoms with Crippen LogP contribution in [0.1, 0.15) is 5.56 Å². The Balaban J connectivity index is 1.34. The van der Waals surface area contributed by atoms with Crippen molar-refractivity contribution in [1.29, 1.82) is 0 Å². The average Bonchev–Trinajstić information content (AvgIpc) is 3.30. The smallest absolute Gasteiger partial charge is 0.185 e. The third kappa shape index (κ3) is 3.28. The summed E-state index contributed by atoms with van der Waals surface area (Å²) < 4.78 is 2.02. The minimum atomic E-state index is 1.01. The van der Waals surface area contributed by atoms with Gasteiger partial charge in [-0.05, 0) is 17.7 Å². The fraction of sp³-hybridized carbons (Fsp3) is 0.294. The number of benzene rings is 1. The third-order valence-corrected chi connectivity index (χ3v) is 5.04. The molecule has 6 heteroatoms. The standard InChI is InChI=1S/C17H19N5S/c1-3-16(22-7-5-18-14-22)4-2-15(1)13-20-8-10-21(11-9-20)17-19-6-12-23-17/h1-7,12,14H,8-11,13H2. The van der Waals surface area contributed by atoms with Crippen LogP contribution in [0.3, 0.4) is 0 Å². The third-order valence-electron chi connectivity index (χ3n) is 4.21. The van der Waals surface area contributed by atoms with Crippen molar-refractivity contribution in [2.24, 2.45) is 0 Å². The molecule has 0 unspecified atom stereocenters. The van der Waals surface area contributed by atoms with Gasteiger partial charge in [-0.2, -0.15) is 0 Å². The summed E-state index contributed by atoms with van der Waals surface area (Å²) in [5.74, 6) is 0. The highest BCUT2D eigenvalue weighted by molar-refractivity contribution is 7.13. The molecule has 0 radical (unpaired) electrons. The van der Waals surface area contributed by atoms with Crippen LogP contribution in [0.4, 0.5) is 5.13 Å². The monoisotopic (exact) mass is 325 g/mol. The van der Waals surface area contributed by atoms with Crippen LogP contribution in [0.25, 0.3) is 5.69 Å². The molecule has 5 nitrogen and oxygen atoms in total. The zero-order chi connectivity index (χ0) is 15.5. The Morgan fingerprint density at radius 3 is 2.48 bits per heavy atom. The van der Waals surface area contributed by atoms with Crippen LogP contribution in [0.5, 0.6) is 0 Å². The predicted molar refractivity (Wildman–Crippen MR) is 93.2 cm³/mol. The maximum absolute atomic E-state index is 4.40. The van der Waals surface area contributed by atoms with Crippen molar-refractivity contribution >= 4 is 16.5 Å². The van der Waals surface area contributed by atoms with Crippen LogP contribution in [0.15, 0.2) is 54.6 Å². The van der Waals surface area contributed by atoms with Gasteiger partial charge < -0.3 is 9.47 Å². The van der Waals surface area contributed by atoms with Gasteiger partial charge in [0.1, 0.15) is 0 Å². The number of aromatic nitrogens is 3. The molecule has 1 aliphatic rings. The van der Waals surface area contributed by atoms with Crippen LogP contribution >= 0.6 is 11.3 Å². The molecule has 0 spiro atoms. The number of hydrogen-bond acceptors (Lipinski definition) is 5. The first-order valence-corrected chi connectivity index (χ1v) is 8.70. The van der Waals surface area contributed by atoms with E-state index < -0.39 is 0 Å². The molecule has 2 aromatic heterocycles. The van der Waals surface area contributed by atoms with Crippen molar-refractivity contribution in [3.05, 3.63) is 60.1 Å². The van der Waals surface area contributed by atoms with Gasteiger partial charge >= 0.3 is 0 Å². The molecular weight excluding hydrogens is 306 g/mol. The molecule has 1 aromatic carbocycles. The Kier molecular flexibility index (Phi) is 4.08. The molecule has 1 fully saturated rings. The highest BCUT2D eigenvalue weighted by atomic mass is 32.1. The molecule has 4 rings (SSSR count). The van der Waals surface area contributed by atoms with E-state index in [1.165, 1.54) is 5.56 Å². The second-order valence-electron chi connectivity index (χ2n) is 5.71. The van der Waals surface area contributed by atoms with Gasteiger partial charge in [-0.3, -0.25) is 4.90 Å². The van der Waals surface area contributed by atoms with Gasteiger partial charge in [-0.1, -0.05) is 12.1 Å². The first-order chi connectivity index (χ1) is 11.4. The molecule has 0 atom stereocenters. The summed E-state index contributed by atoms with van der Waals surface area (Å²) in [7, 11) is 0. The number of rotatable bonds is 4. The lowest BCUT2D eigenvalue weighted by atomic mass is 10.2. The topological polar surface area (TPSA) is 37.2 Å². The minimum Gasteiger partial charge on any atom is -0.346 e. The van der Waals surface area contributed by atoms with Crippen LogP contribution in [0.2, 0.25) is 0 Å². The Bertz CT molecular complexity index is 713. The average molecular weight is 325 g/mol. The molecule has 3 aromatic rings. The van der Waals surface area contributed by atoms with Crippen molar-refractivity contribution < 1.29 is 0 Å². The van der Waals surface area contributed by atoms with E-state index in [0.717, 1.165) is 43.5 Å². The van der Waals surface area contributed by atoms with Gasteiger partial charge in [-0.15, -0.1) is 11.3 Å². The highest BCUT2D eigenvalue weighted by Gasteiger charge is 2.18. The summed E-state index contributed by atoms with van der Waals surface area (Å²) in [5.41, 5.74) is 2.51. The Labute approximate surface area is 139 Å². The molecule has 0 bridgehead atoms. The first-order valence-electron chi connectivity index (χ1n) is 7.82. The summed E-state index contributed by atoms with van der Waals surface area (Å²) in [5, 5.41) is 3.19. The second-order valence-corrected chi connectivity index (χ2v) is 6.59. The van der Waals surface area contributed by atoms with Gasteiger partial charge in [0.15, 0.2) is 5.13 Å². The van der Waals surface area contributed by atoms with Crippen molar-refractivity contribution in [3.8, 4) is 5.69 Å². The molecule has 23 heavy (non-hydrogen) atoms. The van der Waals surface area contributed by atoms with E-state index in [1.807, 2.05) is 28.7 Å². The molecule has 0 amide bonds. The Morgan fingerprint density at radius 1 is 1.00 bits per heavy atom. The van der Waals surface area contributed by atoms with Crippen LogP contribution < -0.4 is 4.90 Å². The van der Waals surface area contributed by atoms with Crippen LogP contribution in [-0.2, 0) is 6.54 Å². The van der Waals surface area contributed by atoms with Gasteiger partial charge in [0, 0.05) is 62.4 Å². The lowest BCUT2D eigenvalue weighted by Crippen LogP contribution is -2.45. The largest absolute Gasteiger partial charge is 0.346 e. The first kappa shape index (κ1) is 14.4. The zero-order valence-corrected chi connectivity index (χ0v) is 13.7. The second kappa shape index (κ2) is 6.52. The summed E-state index contributed by atoms with van der Waals surface area (Å²) in [6.45, 7) is 5.29. The lowest BCUT2D eigenvalue weighted by Gasteiger charge is -2.34. The van der Waals surface area contributed by atoms with E-state index in [-0.39, 0.29) is 0 Å². The van der Waals surface area contributed by atoms with Gasteiger partial charge in [0.2, 0.25) is 0 Å². The fourth-order valence-corrected chi connectivity index (χ4v) is 3.61. The molecule has 118 valence electrons. The maximum Gasteiger partial charge on any atom is 0.185 e. The van der Waals surface area contributed by atoms with Crippen molar-refractivity contribution in [3.63, 3.8) is 0 Å². The van der Waals surface area contributed by atoms with Gasteiger partial charge in [-0.25, -0.2) is 9.97 Å². The summed E-state index contributed by atoms with van der Waals surface area (Å²) in [6, 6.07) is 8.73. The number of thiazole rings is 1. The van der Waals surface area contributed by atoms with E-state index in [4.69, 9.17) is 0 Å². The molecule has 0 saturated carbocycles. The summed E-state index contributed by atoms with van der Waals surface area (Å²) in [4.78, 5) is 13.4. The number of hydrogen-bond donors (Lipinski definition) is 0. The van der Waals surface area contributed by atoms with Gasteiger partial charge in [0.25, 0.3) is 0 Å². The number of anilines is 1. The summed E-state index contributed by atoms with van der Waals surface area (Å²) in [6.07, 6.45) is 7.48. The van der Waals surface area contributed by atoms with Crippen molar-refractivity contribution in [1.82, 2.24) is 19.4 Å². The lowest BCUT2D eigenvalue weighted by molar-refractivity contribution is 0.250. The Hall–Kier alpha value is -2.18. The zero-order valence-electron chi connectivity index (χ0n) is 12.9. The van der Waals surface area contributed by atoms with E-state index in [0.29, 0.717) is 0 Å². The molecule has 0 N–H and O–H groups in total. The van der Waals surface area contributed by atoms with Crippen LogP contribution in [-0.4, -0.2) is 45.6 Å². The molecule has 0 aliphatic carbocycles. The van der Waals surface area contributed by atoms with E-state index in [9.17, 15) is 0 Å². The van der Waals surface area contributed by atoms with Gasteiger partial charge in [0.05, 0.1) is 6.33 Å².